The monoisotopic (exact) mass is 300 g/mol. The van der Waals surface area contributed by atoms with Crippen molar-refractivity contribution in [3.8, 4) is 0 Å². The van der Waals surface area contributed by atoms with Crippen LogP contribution in [0, 0.1) is 0 Å². The Bertz CT molecular complexity index is 376. The van der Waals surface area contributed by atoms with Gasteiger partial charge in [-0.25, -0.2) is 8.78 Å². The molecule has 1 aromatic carbocycles. The Balaban J connectivity index is 0.000000579. The molecular formula is C16H27BF2O2. The van der Waals surface area contributed by atoms with Crippen LogP contribution in [-0.2, 0) is 9.31 Å². The van der Waals surface area contributed by atoms with E-state index in [0.29, 0.717) is 0 Å². The molecular weight excluding hydrogens is 273 g/mol. The third-order valence-corrected chi connectivity index (χ3v) is 3.32. The fraction of sp³-hybridized carbons (Fsp3) is 0.625. The van der Waals surface area contributed by atoms with E-state index >= 15 is 0 Å². The molecule has 21 heavy (non-hydrogen) atoms. The maximum Gasteiger partial charge on any atom is 0.494 e. The van der Waals surface area contributed by atoms with Gasteiger partial charge in [-0.05, 0) is 40.1 Å². The van der Waals surface area contributed by atoms with E-state index in [2.05, 4.69) is 27.7 Å². The molecule has 0 unspecified atom stereocenters. The van der Waals surface area contributed by atoms with E-state index in [1.54, 1.807) is 0 Å². The Kier molecular flexibility index (Phi) is 8.12. The minimum atomic E-state index is -2.17. The number of rotatable bonds is 1. The third kappa shape index (κ3) is 6.14. The van der Waals surface area contributed by atoms with E-state index in [9.17, 15) is 8.78 Å². The second kappa shape index (κ2) is 8.49. The van der Waals surface area contributed by atoms with Crippen molar-refractivity contribution in [3.05, 3.63) is 30.3 Å². The van der Waals surface area contributed by atoms with Crippen molar-refractivity contribution in [1.82, 2.24) is 0 Å². The van der Waals surface area contributed by atoms with Gasteiger partial charge in [-0.2, -0.15) is 0 Å². The summed E-state index contributed by atoms with van der Waals surface area (Å²) in [5, 5.41) is 0. The van der Waals surface area contributed by atoms with Crippen molar-refractivity contribution < 1.29 is 18.1 Å². The predicted molar refractivity (Wildman–Crippen MR) is 85.2 cm³/mol. The first-order chi connectivity index (χ1) is 9.66. The normalized spacial score (nSPS) is 18.5. The van der Waals surface area contributed by atoms with Gasteiger partial charge in [-0.3, -0.25) is 0 Å². The van der Waals surface area contributed by atoms with Gasteiger partial charge < -0.3 is 9.31 Å². The van der Waals surface area contributed by atoms with Gasteiger partial charge in [-0.15, -0.1) is 0 Å². The Morgan fingerprint density at radius 1 is 0.905 bits per heavy atom. The molecule has 1 saturated heterocycles. The molecule has 0 aliphatic carbocycles. The number of hydrogen-bond donors (Lipinski definition) is 0. The summed E-state index contributed by atoms with van der Waals surface area (Å²) in [6.07, 6.45) is -2.17. The Hall–Kier alpha value is -0.935. The summed E-state index contributed by atoms with van der Waals surface area (Å²) in [4.78, 5) is 0. The average Bonchev–Trinajstić information content (AvgIpc) is 2.61. The predicted octanol–water partition coefficient (Wildman–Crippen LogP) is 4.28. The first-order valence-corrected chi connectivity index (χ1v) is 7.34. The molecule has 1 aliphatic heterocycles. The van der Waals surface area contributed by atoms with E-state index < -0.39 is 6.43 Å². The topological polar surface area (TPSA) is 18.5 Å². The van der Waals surface area contributed by atoms with Crippen molar-refractivity contribution in [2.24, 2.45) is 0 Å². The lowest BCUT2D eigenvalue weighted by Crippen LogP contribution is -2.41. The van der Waals surface area contributed by atoms with Crippen LogP contribution in [0.5, 0.6) is 0 Å². The highest BCUT2D eigenvalue weighted by molar-refractivity contribution is 6.62. The Labute approximate surface area is 128 Å². The van der Waals surface area contributed by atoms with Crippen LogP contribution in [0.3, 0.4) is 0 Å². The molecule has 2 rings (SSSR count). The third-order valence-electron chi connectivity index (χ3n) is 3.32. The van der Waals surface area contributed by atoms with Gasteiger partial charge in [0.15, 0.2) is 0 Å². The van der Waals surface area contributed by atoms with Gasteiger partial charge in [0.2, 0.25) is 6.43 Å². The van der Waals surface area contributed by atoms with Crippen molar-refractivity contribution in [1.29, 1.82) is 0 Å². The highest BCUT2D eigenvalue weighted by atomic mass is 19.3. The van der Waals surface area contributed by atoms with Crippen LogP contribution >= 0.6 is 0 Å². The average molecular weight is 300 g/mol. The Morgan fingerprint density at radius 3 is 1.57 bits per heavy atom. The van der Waals surface area contributed by atoms with Crippen molar-refractivity contribution in [2.75, 3.05) is 0 Å². The molecule has 0 amide bonds. The molecule has 120 valence electrons. The lowest BCUT2D eigenvalue weighted by molar-refractivity contribution is 0.00578. The van der Waals surface area contributed by atoms with Gasteiger partial charge in [0, 0.05) is 0 Å². The van der Waals surface area contributed by atoms with E-state index in [1.807, 2.05) is 44.2 Å². The lowest BCUT2D eigenvalue weighted by Gasteiger charge is -2.32. The largest absolute Gasteiger partial charge is 0.494 e. The van der Waals surface area contributed by atoms with Gasteiger partial charge >= 0.3 is 7.12 Å². The molecule has 0 spiro atoms. The molecule has 5 heteroatoms. The van der Waals surface area contributed by atoms with E-state index in [0.717, 1.165) is 12.4 Å². The maximum absolute atomic E-state index is 10.3. The van der Waals surface area contributed by atoms with Crippen molar-refractivity contribution in [2.45, 2.75) is 66.1 Å². The summed E-state index contributed by atoms with van der Waals surface area (Å²) in [5.74, 6) is 0. The zero-order valence-corrected chi connectivity index (χ0v) is 14.1. The Morgan fingerprint density at radius 2 is 1.24 bits per heavy atom. The minimum Gasteiger partial charge on any atom is -0.399 e. The number of halogens is 2. The lowest BCUT2D eigenvalue weighted by atomic mass is 9.79. The SMILES string of the molecule is CC.CC(F)F.CC1(C)OB(c2ccccc2)OC1(C)C. The van der Waals surface area contributed by atoms with Crippen LogP contribution < -0.4 is 5.46 Å². The van der Waals surface area contributed by atoms with Crippen LogP contribution in [0.4, 0.5) is 8.78 Å². The molecule has 0 bridgehead atoms. The first-order valence-electron chi connectivity index (χ1n) is 7.34. The van der Waals surface area contributed by atoms with Crippen LogP contribution in [0.2, 0.25) is 0 Å². The van der Waals surface area contributed by atoms with E-state index in [-0.39, 0.29) is 18.3 Å². The van der Waals surface area contributed by atoms with Crippen LogP contribution in [0.25, 0.3) is 0 Å². The van der Waals surface area contributed by atoms with Gasteiger partial charge in [0.25, 0.3) is 0 Å². The smallest absolute Gasteiger partial charge is 0.399 e. The number of benzene rings is 1. The minimum absolute atomic E-state index is 0.240. The highest BCUT2D eigenvalue weighted by Gasteiger charge is 2.51. The van der Waals surface area contributed by atoms with E-state index in [1.165, 1.54) is 0 Å². The fourth-order valence-corrected chi connectivity index (χ4v) is 1.59. The second-order valence-electron chi connectivity index (χ2n) is 5.52. The highest BCUT2D eigenvalue weighted by Crippen LogP contribution is 2.36. The molecule has 1 aromatic rings. The summed E-state index contributed by atoms with van der Waals surface area (Å²) >= 11 is 0. The van der Waals surface area contributed by atoms with Crippen LogP contribution in [0.1, 0.15) is 48.5 Å². The standard InChI is InChI=1S/C12H17BO2.C2H4F2.C2H6/c1-11(2)12(3,4)15-13(14-11)10-8-6-5-7-9-10;1-2(3)4;1-2/h5-9H,1-4H3;2H,1H3;1-2H3. The summed E-state index contributed by atoms with van der Waals surface area (Å²) < 4.78 is 32.5. The molecule has 1 heterocycles. The molecule has 0 aromatic heterocycles. The zero-order chi connectivity index (χ0) is 16.7. The van der Waals surface area contributed by atoms with Gasteiger partial charge in [0.05, 0.1) is 11.2 Å². The van der Waals surface area contributed by atoms with Crippen LogP contribution in [-0.4, -0.2) is 24.7 Å². The molecule has 0 radical (unpaired) electrons. The van der Waals surface area contributed by atoms with Gasteiger partial charge in [0.1, 0.15) is 0 Å². The molecule has 1 aliphatic rings. The molecule has 0 N–H and O–H groups in total. The van der Waals surface area contributed by atoms with Crippen molar-refractivity contribution in [3.63, 3.8) is 0 Å². The van der Waals surface area contributed by atoms with E-state index in [4.69, 9.17) is 9.31 Å². The summed E-state index contributed by atoms with van der Waals surface area (Å²) in [6, 6.07) is 10.1. The number of alkyl halides is 2. The second-order valence-corrected chi connectivity index (χ2v) is 5.52. The number of hydrogen-bond acceptors (Lipinski definition) is 2. The summed E-state index contributed by atoms with van der Waals surface area (Å²) in [7, 11) is -0.240. The maximum atomic E-state index is 10.3. The summed E-state index contributed by atoms with van der Waals surface area (Å²) in [6.45, 7) is 13.1. The molecule has 2 nitrogen and oxygen atoms in total. The molecule has 0 atom stereocenters. The quantitative estimate of drug-likeness (QED) is 0.721. The zero-order valence-electron chi connectivity index (χ0n) is 14.1. The van der Waals surface area contributed by atoms with Crippen LogP contribution in [0.15, 0.2) is 30.3 Å². The van der Waals surface area contributed by atoms with Crippen molar-refractivity contribution >= 4 is 12.6 Å². The molecule has 1 fully saturated rings. The van der Waals surface area contributed by atoms with Gasteiger partial charge in [-0.1, -0.05) is 44.2 Å². The first kappa shape index (κ1) is 20.1. The molecule has 0 saturated carbocycles. The fourth-order valence-electron chi connectivity index (χ4n) is 1.59. The summed E-state index contributed by atoms with van der Waals surface area (Å²) in [5.41, 5.74) is 0.567.